The maximum absolute atomic E-state index is 12.5. The third kappa shape index (κ3) is 64.9. The summed E-state index contributed by atoms with van der Waals surface area (Å²) in [6.07, 6.45) is 46.3. The highest BCUT2D eigenvalue weighted by Crippen LogP contribution is 2.48. The average Bonchev–Trinajstić information content (AvgIpc) is 0.831. The first kappa shape index (κ1) is 140. The van der Waals surface area contributed by atoms with E-state index in [4.69, 9.17) is 60.4 Å². The van der Waals surface area contributed by atoms with Crippen LogP contribution in [0.1, 0.15) is 398 Å². The molecule has 0 aromatic heterocycles. The summed E-state index contributed by atoms with van der Waals surface area (Å²) < 4.78 is 57.9. The summed E-state index contributed by atoms with van der Waals surface area (Å²) in [6, 6.07) is -1.59. The predicted molar refractivity (Wildman–Crippen MR) is 589 cm³/mol. The molecule has 0 aromatic carbocycles. The number of nitrogens with two attached hydrogens (primary N) is 8. The lowest BCUT2D eigenvalue weighted by molar-refractivity contribution is -0.252. The van der Waals surface area contributed by atoms with Crippen LogP contribution in [0.3, 0.4) is 0 Å². The van der Waals surface area contributed by atoms with Crippen molar-refractivity contribution in [1.29, 1.82) is 0 Å². The summed E-state index contributed by atoms with van der Waals surface area (Å²) >= 11 is 1.80. The molecule has 8 rings (SSSR count). The zero-order valence-corrected chi connectivity index (χ0v) is 96.0. The van der Waals surface area contributed by atoms with E-state index in [9.17, 15) is 82.5 Å². The van der Waals surface area contributed by atoms with Crippen molar-refractivity contribution >= 4 is 60.1 Å². The highest BCUT2D eigenvalue weighted by Gasteiger charge is 2.38. The number of aliphatic hydroxyl groups is 8. The van der Waals surface area contributed by atoms with Crippen LogP contribution in [0.15, 0.2) is 17.3 Å². The molecular weight excluding hydrogens is 1930 g/mol. The lowest BCUT2D eigenvalue weighted by atomic mass is 9.81. The maximum Gasteiger partial charge on any atom is 0.351 e. The standard InChI is InChI=1S/C19H36N2O2.C17H32N2O2.C16H31NO3S.C13H27NOS.C12H26NO4P.C11H22N4O2.C11H23NO2.C8H18NO5P/c1-13(2)16(19(23)21-15-9-6-10-15)12-18(22)17(20)11-14-7-4-3-5-8-14;1-12(2)11-19-17(21)13(3)9-16(20)15(18)10-14-7-5-4-6-8-14;17-15(11-13-7-3-1-4-8-13)16(18)12-21(19,20)14-9-5-2-6-10-14;1-10(2)16-9-13(15)12(14)8-11-6-4-3-5-7-11;1-16-18(15,17-2)9-12(14)11(13)8-10-6-4-3-5-7-10;12-9(6-8-4-2-1-3-5-8)11(17)10(16)7-14-15-13;1-7(2)5-9(12)11(14)6-10(13)8(3)4;1-6(2)4-7(9)15(11,12)5-8(10)14-13-3/h13-18,22H,3-12,20H2,1-2H3,(H,21,23);12,14-16,20H,3-11,18H2,1-2H3,(H,19,21);13-16,18H,1-12,17H2;10-13,15H,3-9,14H2,1-2H3;10-12,14H,3-9,13H2,1-2H3;8-11,16-17H,1-7,12H2;7-9,11,14H,5-6,12H2,1-4H3;6-7H,4-5,9H2,1-3H3,(H,11,12)/t16-,17?,18-;2*15?,16-;12?,13-;11?,12-;9?,10-,11+;9?,11-;/m0000000./s1. The molecule has 0 saturated heterocycles. The minimum atomic E-state index is -3.70. The first-order chi connectivity index (χ1) is 68.2. The van der Waals surface area contributed by atoms with Gasteiger partial charge in [0.2, 0.25) is 19.2 Å². The van der Waals surface area contributed by atoms with Crippen LogP contribution in [0.4, 0.5) is 0 Å². The molecule has 8 fully saturated rings. The Labute approximate surface area is 880 Å². The van der Waals surface area contributed by atoms with Gasteiger partial charge >= 0.3 is 13.6 Å². The fraction of sp³-hybridized carbons (Fsp3) is 0.944. The van der Waals surface area contributed by atoms with Crippen molar-refractivity contribution in [1.82, 2.24) is 10.6 Å². The van der Waals surface area contributed by atoms with Gasteiger partial charge in [0.05, 0.1) is 85.4 Å². The third-order valence-electron chi connectivity index (χ3n) is 30.2. The molecule has 145 heavy (non-hydrogen) atoms. The molecule has 0 aliphatic heterocycles. The van der Waals surface area contributed by atoms with E-state index < -0.39 is 97.5 Å². The molecule has 8 aliphatic rings. The van der Waals surface area contributed by atoms with Gasteiger partial charge in [0.1, 0.15) is 11.9 Å². The summed E-state index contributed by atoms with van der Waals surface area (Å²) in [4.78, 5) is 66.8. The van der Waals surface area contributed by atoms with Crippen molar-refractivity contribution in [2.24, 2.45) is 122 Å². The molecule has 34 nitrogen and oxygen atoms in total. The second-order valence-corrected chi connectivity index (χ2v) is 54.7. The molecule has 38 heteroatoms. The minimum Gasteiger partial charge on any atom is -0.391 e. The van der Waals surface area contributed by atoms with Crippen LogP contribution in [-0.4, -0.2) is 249 Å². The number of nitrogens with zero attached hydrogens (tertiary/aromatic N) is 3. The molecule has 8 saturated carbocycles. The van der Waals surface area contributed by atoms with E-state index >= 15 is 0 Å². The van der Waals surface area contributed by atoms with E-state index in [-0.39, 0.29) is 114 Å². The second kappa shape index (κ2) is 79.1. The summed E-state index contributed by atoms with van der Waals surface area (Å²) in [5.41, 5.74) is 56.2. The van der Waals surface area contributed by atoms with Crippen LogP contribution in [0.5, 0.6) is 0 Å². The van der Waals surface area contributed by atoms with Crippen molar-refractivity contribution < 1.29 is 101 Å². The summed E-state index contributed by atoms with van der Waals surface area (Å²) in [5, 5.41) is 89.3. The van der Waals surface area contributed by atoms with Crippen LogP contribution in [0, 0.1) is 71.0 Å². The van der Waals surface area contributed by atoms with E-state index in [0.29, 0.717) is 77.7 Å². The fourth-order valence-electron chi connectivity index (χ4n) is 20.5. The van der Waals surface area contributed by atoms with Gasteiger partial charge in [0.25, 0.3) is 0 Å². The van der Waals surface area contributed by atoms with Gasteiger partial charge in [0.15, 0.2) is 9.84 Å². The Morgan fingerprint density at radius 3 is 1.19 bits per heavy atom. The quantitative estimate of drug-likeness (QED) is 0.00511. The SMILES string of the molecule is C=C(C[C@H](O)C(N)CC1CCCCC1)C(=O)NCC(C)C.CC(C)CC(N)[C@@H](O)CC(=O)C(C)C.CC(C)SC[C@H](O)C(N)CC1CCCCC1.CC(C)[C@H](C[C@H](O)C(N)CC1CCCCC1)C(=O)NC1CCC1.COOC(=O)CP(=O)(O)C(N)CC(C)C.COP(=O)(C[C@H](O)C(N)CC1CCCCC1)OC.NC(CC1CCCCC1)[C@@H](O)CS(=O)(=O)C1CCCCC1.[N-]=[N+]=NC[C@H](O)[C@H](O)C(N)CC1CCCCC1. The Kier molecular flexibility index (Phi) is 76.4. The highest BCUT2D eigenvalue weighted by atomic mass is 32.2. The zero-order valence-electron chi connectivity index (χ0n) is 92.6. The van der Waals surface area contributed by atoms with Gasteiger partial charge in [-0.3, -0.25) is 28.4 Å². The Morgan fingerprint density at radius 1 is 0.462 bits per heavy atom. The number of sulfone groups is 1. The van der Waals surface area contributed by atoms with E-state index in [1.165, 1.54) is 200 Å². The van der Waals surface area contributed by atoms with Gasteiger partial charge in [-0.1, -0.05) is 307 Å². The zero-order chi connectivity index (χ0) is 110. The summed E-state index contributed by atoms with van der Waals surface area (Å²) in [6.45, 7) is 28.3. The number of Topliss-reactive ketones (excluding diaryl/α,β-unsaturated/α-hetero) is 1. The second-order valence-electron chi connectivity index (χ2n) is 45.9. The van der Waals surface area contributed by atoms with Gasteiger partial charge in [0, 0.05) is 110 Å². The molecule has 9 unspecified atom stereocenters. The Morgan fingerprint density at radius 2 is 0.834 bits per heavy atom. The average molecular weight is 2150 g/mol. The predicted octanol–water partition coefficient (Wildman–Crippen LogP) is 16.0. The molecule has 0 heterocycles. The number of carbonyl (C=O) groups excluding carboxylic acids is 4. The monoisotopic (exact) mass is 2140 g/mol. The number of aliphatic hydroxyl groups excluding tert-OH is 8. The normalized spacial score (nSPS) is 21.4. The van der Waals surface area contributed by atoms with Crippen molar-refractivity contribution in [3.05, 3.63) is 22.6 Å². The van der Waals surface area contributed by atoms with Gasteiger partial charge in [-0.15, -0.1) is 0 Å². The summed E-state index contributed by atoms with van der Waals surface area (Å²) in [5.74, 6) is 3.76. The number of amides is 2. The van der Waals surface area contributed by atoms with E-state index in [1.54, 1.807) is 11.8 Å². The topological polar surface area (TPSA) is 637 Å². The van der Waals surface area contributed by atoms with Crippen LogP contribution >= 0.6 is 26.7 Å². The Balaban J connectivity index is 0.000000833. The van der Waals surface area contributed by atoms with E-state index in [0.717, 1.165) is 122 Å². The molecule has 0 bridgehead atoms. The Hall–Kier alpha value is -2.91. The van der Waals surface area contributed by atoms with Gasteiger partial charge in [-0.2, -0.15) is 16.6 Å². The smallest absolute Gasteiger partial charge is 0.351 e. The highest BCUT2D eigenvalue weighted by molar-refractivity contribution is 7.99. The number of nitrogens with one attached hydrogen (secondary N) is 2. The first-order valence-electron chi connectivity index (χ1n) is 56.1. The van der Waals surface area contributed by atoms with Crippen molar-refractivity contribution in [2.75, 3.05) is 58.2 Å². The molecule has 856 valence electrons. The number of hydrogen-bond donors (Lipinski definition) is 19. The van der Waals surface area contributed by atoms with Gasteiger partial charge in [-0.05, 0) is 160 Å². The number of thioether (sulfide) groups is 1. The first-order valence-corrected chi connectivity index (χ1v) is 62.5. The maximum atomic E-state index is 12.5. The number of hydrogen-bond acceptors (Lipinski definition) is 30. The molecule has 2 amide bonds. The van der Waals surface area contributed by atoms with Crippen LogP contribution in [0.25, 0.3) is 10.4 Å². The molecule has 27 N–H and O–H groups in total. The Bertz CT molecular complexity index is 3610. The number of rotatable bonds is 53. The van der Waals surface area contributed by atoms with Crippen LogP contribution in [-0.2, 0) is 57.0 Å². The van der Waals surface area contributed by atoms with E-state index in [2.05, 4.69) is 78.6 Å². The fourth-order valence-corrected chi connectivity index (χ4v) is 25.9. The van der Waals surface area contributed by atoms with Crippen LogP contribution < -0.4 is 56.5 Å². The van der Waals surface area contributed by atoms with Crippen molar-refractivity contribution in [2.45, 2.75) is 511 Å². The minimum absolute atomic E-state index is 0.0177. The molecular formula is C107H215N13O21P2S2. The number of azide groups is 1. The molecule has 18 atom stereocenters. The van der Waals surface area contributed by atoms with Gasteiger partial charge < -0.3 is 111 Å². The molecule has 0 aromatic rings. The largest absolute Gasteiger partial charge is 0.391 e. The third-order valence-corrected chi connectivity index (χ3v) is 37.6. The van der Waals surface area contributed by atoms with Gasteiger partial charge in [-0.25, -0.2) is 13.2 Å². The van der Waals surface area contributed by atoms with Crippen LogP contribution in [0.2, 0.25) is 0 Å². The molecule has 0 spiro atoms. The number of carbonyl (C=O) groups is 4. The summed E-state index contributed by atoms with van der Waals surface area (Å²) in [7, 11) is -6.28. The van der Waals surface area contributed by atoms with E-state index in [1.807, 2.05) is 41.5 Å². The van der Waals surface area contributed by atoms with Crippen molar-refractivity contribution in [3.8, 4) is 0 Å². The number of ketones is 1. The molecule has 0 radical (unpaired) electrons. The van der Waals surface area contributed by atoms with Crippen molar-refractivity contribution in [3.63, 3.8) is 0 Å². The lowest BCUT2D eigenvalue weighted by Crippen LogP contribution is -2.46. The lowest BCUT2D eigenvalue weighted by Gasteiger charge is -2.32. The molecule has 8 aliphatic carbocycles.